The molecule has 5 nitrogen and oxygen atoms in total. The molecule has 0 unspecified atom stereocenters. The van der Waals surface area contributed by atoms with Crippen LogP contribution in [0.15, 0.2) is 28.2 Å². The van der Waals surface area contributed by atoms with Gasteiger partial charge in [-0.15, -0.1) is 0 Å². The number of esters is 2. The number of allylic oxidation sites excluding steroid dienone is 1. The molecule has 1 aromatic heterocycles. The highest BCUT2D eigenvalue weighted by Gasteiger charge is 2.42. The van der Waals surface area contributed by atoms with Gasteiger partial charge in [0, 0.05) is 19.3 Å². The summed E-state index contributed by atoms with van der Waals surface area (Å²) in [6, 6.07) is 1.54. The van der Waals surface area contributed by atoms with Crippen LogP contribution in [-0.2, 0) is 20.7 Å². The summed E-state index contributed by atoms with van der Waals surface area (Å²) in [5.41, 5.74) is 1.73. The van der Waals surface area contributed by atoms with Crippen LogP contribution in [0.2, 0.25) is 0 Å². The van der Waals surface area contributed by atoms with E-state index in [1.165, 1.54) is 0 Å². The number of carbonyl (C=O) groups excluding carboxylic acids is 2. The highest BCUT2D eigenvalue weighted by molar-refractivity contribution is 5.91. The SMILES string of the molecule is C=C(C)[C@H]1CCC#C[C@H](OC(=O)C(F)(F)F)C/C(C)=C/c2cc(C(=O)OCC)c(o2)C1. The normalized spacial score (nSPS) is 21.2. The zero-order valence-electron chi connectivity index (χ0n) is 17.7. The van der Waals surface area contributed by atoms with Crippen molar-refractivity contribution in [1.82, 2.24) is 0 Å². The fraction of sp³-hybridized carbons (Fsp3) is 0.478. The highest BCUT2D eigenvalue weighted by atomic mass is 19.4. The molecule has 1 aliphatic rings. The number of fused-ring (bicyclic) bond motifs is 2. The standard InChI is InChI=1S/C23H25F3O5/c1-5-29-21(27)19-13-18-11-15(4)10-17(31-22(28)23(24,25)26)9-7-6-8-16(14(2)3)12-20(19)30-18/h11,13,16-17H,2,5-6,8,10,12H2,1,3-4H3/b15-11+/t16-,17-/m0/s1. The summed E-state index contributed by atoms with van der Waals surface area (Å²) in [7, 11) is 0. The lowest BCUT2D eigenvalue weighted by atomic mass is 9.91. The van der Waals surface area contributed by atoms with Gasteiger partial charge in [0.25, 0.3) is 0 Å². The maximum atomic E-state index is 12.6. The lowest BCUT2D eigenvalue weighted by Crippen LogP contribution is -2.29. The second-order valence-corrected chi connectivity index (χ2v) is 7.40. The molecule has 2 rings (SSSR count). The first kappa shape index (κ1) is 24.3. The molecule has 0 radical (unpaired) electrons. The van der Waals surface area contributed by atoms with E-state index in [1.807, 2.05) is 6.92 Å². The molecule has 1 aromatic rings. The van der Waals surface area contributed by atoms with Gasteiger partial charge >= 0.3 is 18.1 Å². The van der Waals surface area contributed by atoms with Crippen LogP contribution < -0.4 is 0 Å². The maximum absolute atomic E-state index is 12.6. The molecule has 0 fully saturated rings. The molecule has 0 spiro atoms. The Labute approximate surface area is 179 Å². The molecule has 0 aliphatic carbocycles. The van der Waals surface area contributed by atoms with Gasteiger partial charge < -0.3 is 13.9 Å². The lowest BCUT2D eigenvalue weighted by molar-refractivity contribution is -0.202. The quantitative estimate of drug-likeness (QED) is 0.365. The Morgan fingerprint density at radius 2 is 2.03 bits per heavy atom. The fourth-order valence-electron chi connectivity index (χ4n) is 3.15. The minimum atomic E-state index is -5.10. The zero-order chi connectivity index (χ0) is 23.2. The molecule has 8 heteroatoms. The van der Waals surface area contributed by atoms with Crippen molar-refractivity contribution in [1.29, 1.82) is 0 Å². The van der Waals surface area contributed by atoms with Crippen molar-refractivity contribution in [3.8, 4) is 11.8 Å². The summed E-state index contributed by atoms with van der Waals surface area (Å²) in [4.78, 5) is 23.6. The van der Waals surface area contributed by atoms with E-state index in [4.69, 9.17) is 9.15 Å². The third-order valence-corrected chi connectivity index (χ3v) is 4.71. The molecule has 2 atom stereocenters. The highest BCUT2D eigenvalue weighted by Crippen LogP contribution is 2.28. The van der Waals surface area contributed by atoms with E-state index in [2.05, 4.69) is 23.2 Å². The number of furan rings is 1. The number of carbonyl (C=O) groups is 2. The minimum Gasteiger partial charge on any atom is -0.462 e. The van der Waals surface area contributed by atoms with Gasteiger partial charge in [0.05, 0.1) is 6.61 Å². The summed E-state index contributed by atoms with van der Waals surface area (Å²) >= 11 is 0. The van der Waals surface area contributed by atoms with E-state index in [1.54, 1.807) is 26.0 Å². The molecule has 1 aliphatic heterocycles. The van der Waals surface area contributed by atoms with Crippen molar-refractivity contribution < 1.29 is 36.7 Å². The van der Waals surface area contributed by atoms with Crippen LogP contribution in [0.1, 0.15) is 61.9 Å². The van der Waals surface area contributed by atoms with Crippen molar-refractivity contribution in [2.75, 3.05) is 6.61 Å². The second-order valence-electron chi connectivity index (χ2n) is 7.40. The number of rotatable bonds is 4. The second kappa shape index (κ2) is 10.4. The van der Waals surface area contributed by atoms with Crippen LogP contribution >= 0.6 is 0 Å². The Kier molecular flexibility index (Phi) is 8.14. The van der Waals surface area contributed by atoms with E-state index >= 15 is 0 Å². The first-order chi connectivity index (χ1) is 14.5. The van der Waals surface area contributed by atoms with Crippen molar-refractivity contribution in [3.05, 3.63) is 40.9 Å². The van der Waals surface area contributed by atoms with Gasteiger partial charge in [0.15, 0.2) is 6.10 Å². The van der Waals surface area contributed by atoms with Gasteiger partial charge in [0.1, 0.15) is 17.1 Å². The molecule has 2 bridgehead atoms. The average Bonchev–Trinajstić information content (AvgIpc) is 3.05. The van der Waals surface area contributed by atoms with Crippen LogP contribution in [0.25, 0.3) is 6.08 Å². The van der Waals surface area contributed by atoms with Crippen molar-refractivity contribution in [2.24, 2.45) is 5.92 Å². The van der Waals surface area contributed by atoms with Crippen LogP contribution in [0.3, 0.4) is 0 Å². The predicted octanol–water partition coefficient (Wildman–Crippen LogP) is 5.26. The van der Waals surface area contributed by atoms with Gasteiger partial charge in [-0.05, 0) is 45.3 Å². The topological polar surface area (TPSA) is 65.7 Å². The molecule has 31 heavy (non-hydrogen) atoms. The maximum Gasteiger partial charge on any atom is 0.490 e. The molecule has 0 amide bonds. The third-order valence-electron chi connectivity index (χ3n) is 4.71. The van der Waals surface area contributed by atoms with Gasteiger partial charge in [-0.1, -0.05) is 29.6 Å². The average molecular weight is 438 g/mol. The molecular weight excluding hydrogens is 413 g/mol. The van der Waals surface area contributed by atoms with Gasteiger partial charge in [-0.25, -0.2) is 9.59 Å². The van der Waals surface area contributed by atoms with Crippen LogP contribution in [-0.4, -0.2) is 30.8 Å². The Morgan fingerprint density at radius 3 is 2.65 bits per heavy atom. The smallest absolute Gasteiger partial charge is 0.462 e. The lowest BCUT2D eigenvalue weighted by Gasteiger charge is -2.15. The third kappa shape index (κ3) is 7.06. The molecular formula is C23H25F3O5. The van der Waals surface area contributed by atoms with E-state index in [-0.39, 0.29) is 18.9 Å². The Morgan fingerprint density at radius 1 is 1.32 bits per heavy atom. The van der Waals surface area contributed by atoms with Crippen LogP contribution in [0.4, 0.5) is 13.2 Å². The molecule has 2 heterocycles. The summed E-state index contributed by atoms with van der Waals surface area (Å²) in [6.07, 6.45) is -3.51. The largest absolute Gasteiger partial charge is 0.490 e. The monoisotopic (exact) mass is 438 g/mol. The van der Waals surface area contributed by atoms with E-state index in [9.17, 15) is 22.8 Å². The molecule has 0 aromatic carbocycles. The first-order valence-electron chi connectivity index (χ1n) is 9.89. The summed E-state index contributed by atoms with van der Waals surface area (Å²) < 4.78 is 53.4. The van der Waals surface area contributed by atoms with Crippen molar-refractivity contribution >= 4 is 18.0 Å². The summed E-state index contributed by atoms with van der Waals surface area (Å²) in [5.74, 6) is 3.38. The summed E-state index contributed by atoms with van der Waals surface area (Å²) in [6.45, 7) is 9.39. The van der Waals surface area contributed by atoms with E-state index < -0.39 is 24.2 Å². The number of hydrogen-bond acceptors (Lipinski definition) is 5. The minimum absolute atomic E-state index is 0.0382. The van der Waals surface area contributed by atoms with Crippen molar-refractivity contribution in [2.45, 2.75) is 58.7 Å². The molecule has 0 saturated carbocycles. The number of alkyl halides is 3. The van der Waals surface area contributed by atoms with Gasteiger partial charge in [0.2, 0.25) is 0 Å². The van der Waals surface area contributed by atoms with Gasteiger partial charge in [-0.3, -0.25) is 0 Å². The summed E-state index contributed by atoms with van der Waals surface area (Å²) in [5, 5.41) is 0. The van der Waals surface area contributed by atoms with Crippen LogP contribution in [0.5, 0.6) is 0 Å². The van der Waals surface area contributed by atoms with E-state index in [0.717, 1.165) is 5.57 Å². The number of ether oxygens (including phenoxy) is 2. The van der Waals surface area contributed by atoms with Crippen molar-refractivity contribution in [3.63, 3.8) is 0 Å². The van der Waals surface area contributed by atoms with E-state index in [0.29, 0.717) is 41.9 Å². The molecule has 0 saturated heterocycles. The Hall–Kier alpha value is -2.95. The van der Waals surface area contributed by atoms with Crippen LogP contribution in [0, 0.1) is 17.8 Å². The zero-order valence-corrected chi connectivity index (χ0v) is 17.7. The Balaban J connectivity index is 2.42. The molecule has 168 valence electrons. The first-order valence-corrected chi connectivity index (χ1v) is 9.89. The number of halogens is 3. The number of hydrogen-bond donors (Lipinski definition) is 0. The van der Waals surface area contributed by atoms with Gasteiger partial charge in [-0.2, -0.15) is 13.2 Å². The molecule has 0 N–H and O–H groups in total. The fourth-order valence-corrected chi connectivity index (χ4v) is 3.15. The Bertz CT molecular complexity index is 927. The predicted molar refractivity (Wildman–Crippen MR) is 108 cm³/mol.